The Kier molecular flexibility index (Phi) is 6.53. The summed E-state index contributed by atoms with van der Waals surface area (Å²) in [7, 11) is -3.65. The lowest BCUT2D eigenvalue weighted by Gasteiger charge is -2.18. The topological polar surface area (TPSA) is 116 Å². The summed E-state index contributed by atoms with van der Waals surface area (Å²) in [4.78, 5) is 14.2. The third kappa shape index (κ3) is 4.62. The first-order valence-corrected chi connectivity index (χ1v) is 9.81. The summed E-state index contributed by atoms with van der Waals surface area (Å²) >= 11 is 5.81. The largest absolute Gasteiger partial charge is 0.867 e. The Bertz CT molecular complexity index is 988. The summed E-state index contributed by atoms with van der Waals surface area (Å²) in [5.74, 6) is -0.819. The van der Waals surface area contributed by atoms with Crippen molar-refractivity contribution in [2.45, 2.75) is 18.7 Å². The molecule has 0 bridgehead atoms. The van der Waals surface area contributed by atoms with Crippen LogP contribution < -0.4 is 5.11 Å². The molecular weight excluding hydrogens is 394 g/mol. The van der Waals surface area contributed by atoms with Crippen molar-refractivity contribution in [3.05, 3.63) is 57.1 Å². The van der Waals surface area contributed by atoms with Gasteiger partial charge in [-0.15, -0.1) is 0 Å². The Labute approximate surface area is 161 Å². The predicted molar refractivity (Wildman–Crippen MR) is 101 cm³/mol. The van der Waals surface area contributed by atoms with Crippen LogP contribution >= 0.6 is 11.6 Å². The van der Waals surface area contributed by atoms with Gasteiger partial charge in [0.05, 0.1) is 15.5 Å². The van der Waals surface area contributed by atoms with Gasteiger partial charge in [-0.3, -0.25) is 15.1 Å². The molecule has 8 nitrogen and oxygen atoms in total. The van der Waals surface area contributed by atoms with E-state index in [2.05, 4.69) is 4.99 Å². The fraction of sp³-hybridized carbons (Fsp3) is 0.235. The van der Waals surface area contributed by atoms with E-state index in [9.17, 15) is 23.6 Å². The molecular formula is C17H17ClN3O5S-. The second kappa shape index (κ2) is 8.47. The van der Waals surface area contributed by atoms with E-state index in [1.54, 1.807) is 19.9 Å². The maximum absolute atomic E-state index is 12.6. The molecule has 2 aromatic rings. The van der Waals surface area contributed by atoms with Crippen molar-refractivity contribution < 1.29 is 18.4 Å². The summed E-state index contributed by atoms with van der Waals surface area (Å²) in [6.45, 7) is 4.14. The molecule has 144 valence electrons. The van der Waals surface area contributed by atoms with Crippen LogP contribution in [0.25, 0.3) is 0 Å². The molecule has 0 N–H and O–H groups in total. The fourth-order valence-corrected chi connectivity index (χ4v) is 4.13. The van der Waals surface area contributed by atoms with Gasteiger partial charge in [-0.1, -0.05) is 31.5 Å². The highest BCUT2D eigenvalue weighted by Crippen LogP contribution is 2.30. The third-order valence-corrected chi connectivity index (χ3v) is 6.04. The van der Waals surface area contributed by atoms with Gasteiger partial charge in [0.25, 0.3) is 5.69 Å². The summed E-state index contributed by atoms with van der Waals surface area (Å²) < 4.78 is 26.5. The lowest BCUT2D eigenvalue weighted by atomic mass is 10.2. The molecule has 0 amide bonds. The number of hydrogen-bond donors (Lipinski definition) is 0. The smallest absolute Gasteiger partial charge is 0.263 e. The monoisotopic (exact) mass is 410 g/mol. The minimum atomic E-state index is -3.65. The van der Waals surface area contributed by atoms with Crippen LogP contribution in [0.4, 0.5) is 11.4 Å². The summed E-state index contributed by atoms with van der Waals surface area (Å²) in [6, 6.07) is 8.14. The molecule has 0 saturated heterocycles. The van der Waals surface area contributed by atoms with E-state index in [4.69, 9.17) is 11.6 Å². The van der Waals surface area contributed by atoms with Crippen LogP contribution in [0, 0.1) is 10.1 Å². The second-order valence-corrected chi connectivity index (χ2v) is 7.82. The van der Waals surface area contributed by atoms with Gasteiger partial charge in [0.15, 0.2) is 0 Å². The second-order valence-electron chi connectivity index (χ2n) is 5.45. The van der Waals surface area contributed by atoms with Gasteiger partial charge in [0, 0.05) is 30.4 Å². The molecule has 10 heteroatoms. The molecule has 0 aliphatic heterocycles. The number of benzene rings is 2. The van der Waals surface area contributed by atoms with Crippen molar-refractivity contribution in [2.75, 3.05) is 13.1 Å². The molecule has 27 heavy (non-hydrogen) atoms. The van der Waals surface area contributed by atoms with E-state index in [1.165, 1.54) is 28.6 Å². The maximum atomic E-state index is 12.6. The Morgan fingerprint density at radius 3 is 2.48 bits per heavy atom. The first-order chi connectivity index (χ1) is 12.7. The van der Waals surface area contributed by atoms with Gasteiger partial charge < -0.3 is 5.11 Å². The first kappa shape index (κ1) is 20.8. The SMILES string of the molecule is CCN(CC)S(=O)(=O)c1cccc(N=Cc2cc(Cl)cc([N+](=O)[O-])c2[O-])c1. The predicted octanol–water partition coefficient (Wildman–Crippen LogP) is 3.10. The molecule has 0 aliphatic rings. The van der Waals surface area contributed by atoms with Crippen LogP contribution in [-0.2, 0) is 10.0 Å². The molecule has 0 saturated carbocycles. The molecule has 2 rings (SSSR count). The number of nitrogens with zero attached hydrogens (tertiary/aromatic N) is 3. The Balaban J connectivity index is 2.42. The van der Waals surface area contributed by atoms with Crippen LogP contribution in [0.2, 0.25) is 5.02 Å². The zero-order valence-corrected chi connectivity index (χ0v) is 16.2. The maximum Gasteiger partial charge on any atom is 0.263 e. The standard InChI is InChI=1S/C17H18ClN3O5S/c1-3-20(4-2)27(25,26)15-7-5-6-14(10-15)19-11-12-8-13(18)9-16(17(12)22)21(23)24/h5-11,22H,3-4H2,1-2H3/p-1. The molecule has 0 aliphatic carbocycles. The fourth-order valence-electron chi connectivity index (χ4n) is 2.41. The van der Waals surface area contributed by atoms with E-state index >= 15 is 0 Å². The molecule has 0 fully saturated rings. The molecule has 2 aromatic carbocycles. The summed E-state index contributed by atoms with van der Waals surface area (Å²) in [5, 5.41) is 23.0. The highest BCUT2D eigenvalue weighted by Gasteiger charge is 2.21. The van der Waals surface area contributed by atoms with E-state index < -0.39 is 26.4 Å². The van der Waals surface area contributed by atoms with Crippen molar-refractivity contribution in [1.82, 2.24) is 4.31 Å². The zero-order valence-electron chi connectivity index (χ0n) is 14.6. The summed E-state index contributed by atoms with van der Waals surface area (Å²) in [5.41, 5.74) is -0.432. The highest BCUT2D eigenvalue weighted by molar-refractivity contribution is 7.89. The van der Waals surface area contributed by atoms with Crippen LogP contribution in [0.1, 0.15) is 19.4 Å². The van der Waals surface area contributed by atoms with Crippen molar-refractivity contribution in [3.63, 3.8) is 0 Å². The third-order valence-electron chi connectivity index (χ3n) is 3.77. The molecule has 0 spiro atoms. The molecule has 0 aromatic heterocycles. The Hall–Kier alpha value is -2.49. The lowest BCUT2D eigenvalue weighted by Crippen LogP contribution is -2.30. The number of sulfonamides is 1. The minimum Gasteiger partial charge on any atom is -0.867 e. The zero-order chi connectivity index (χ0) is 20.2. The number of halogens is 1. The Morgan fingerprint density at radius 1 is 1.22 bits per heavy atom. The van der Waals surface area contributed by atoms with Gasteiger partial charge in [0.2, 0.25) is 10.0 Å². The lowest BCUT2D eigenvalue weighted by molar-refractivity contribution is -0.398. The summed E-state index contributed by atoms with van der Waals surface area (Å²) in [6.07, 6.45) is 1.13. The van der Waals surface area contributed by atoms with Crippen LogP contribution in [0.15, 0.2) is 46.3 Å². The minimum absolute atomic E-state index is 0.0283. The normalized spacial score (nSPS) is 12.0. The van der Waals surface area contributed by atoms with Gasteiger partial charge >= 0.3 is 0 Å². The number of rotatable bonds is 7. The highest BCUT2D eigenvalue weighted by atomic mass is 35.5. The number of nitro groups is 1. The average molecular weight is 411 g/mol. The van der Waals surface area contributed by atoms with Crippen molar-refractivity contribution in [2.24, 2.45) is 4.99 Å². The van der Waals surface area contributed by atoms with Gasteiger partial charge in [-0.25, -0.2) is 8.42 Å². The quantitative estimate of drug-likeness (QED) is 0.395. The van der Waals surface area contributed by atoms with Gasteiger partial charge in [-0.2, -0.15) is 4.31 Å². The molecule has 0 atom stereocenters. The van der Waals surface area contributed by atoms with Crippen molar-refractivity contribution in [3.8, 4) is 5.75 Å². The van der Waals surface area contributed by atoms with Crippen LogP contribution in [0.5, 0.6) is 5.75 Å². The van der Waals surface area contributed by atoms with Gasteiger partial charge in [-0.05, 0) is 35.6 Å². The van der Waals surface area contributed by atoms with Crippen molar-refractivity contribution in [1.29, 1.82) is 0 Å². The van der Waals surface area contributed by atoms with E-state index in [0.29, 0.717) is 13.1 Å². The molecule has 0 radical (unpaired) electrons. The van der Waals surface area contributed by atoms with E-state index in [0.717, 1.165) is 12.3 Å². The van der Waals surface area contributed by atoms with Crippen LogP contribution in [0.3, 0.4) is 0 Å². The number of aliphatic imine (C=N–C) groups is 1. The van der Waals surface area contributed by atoms with Crippen molar-refractivity contribution >= 4 is 39.2 Å². The average Bonchev–Trinajstić information content (AvgIpc) is 2.63. The van der Waals surface area contributed by atoms with Crippen LogP contribution in [-0.4, -0.2) is 37.0 Å². The van der Waals surface area contributed by atoms with E-state index in [-0.39, 0.29) is 21.2 Å². The van der Waals surface area contributed by atoms with E-state index in [1.807, 2.05) is 0 Å². The first-order valence-electron chi connectivity index (χ1n) is 8.00. The Morgan fingerprint density at radius 2 is 1.89 bits per heavy atom. The molecule has 0 unspecified atom stereocenters. The number of nitro benzene ring substituents is 1. The molecule has 0 heterocycles. The van der Waals surface area contributed by atoms with Gasteiger partial charge in [0.1, 0.15) is 0 Å². The number of hydrogen-bond acceptors (Lipinski definition) is 6.